The van der Waals surface area contributed by atoms with Gasteiger partial charge in [-0.3, -0.25) is 0 Å². The summed E-state index contributed by atoms with van der Waals surface area (Å²) >= 11 is 4.30. The molecule has 6 aromatic rings. The molecule has 5 heteroatoms. The van der Waals surface area contributed by atoms with Crippen LogP contribution in [0.3, 0.4) is 0 Å². The third-order valence-electron chi connectivity index (χ3n) is 8.49. The highest BCUT2D eigenvalue weighted by Gasteiger charge is 2.15. The molecule has 0 aliphatic heterocycles. The first-order valence-corrected chi connectivity index (χ1v) is 16.5. The van der Waals surface area contributed by atoms with Gasteiger partial charge in [-0.05, 0) is 114 Å². The average molecular weight is 616 g/mol. The van der Waals surface area contributed by atoms with Crippen molar-refractivity contribution in [3.05, 3.63) is 109 Å². The molecule has 0 fully saturated rings. The Balaban J connectivity index is 1.34. The van der Waals surface area contributed by atoms with Crippen molar-refractivity contribution in [1.82, 2.24) is 4.57 Å². The summed E-state index contributed by atoms with van der Waals surface area (Å²) in [5, 5.41) is 2.40. The van der Waals surface area contributed by atoms with Crippen molar-refractivity contribution >= 4 is 34.4 Å². The standard InChI is InChI=1S/C40H41NO3S/c1-42-35-13-9-11-29(25-35)31-15-21-39-37(27-31)38-28-32(30-12-10-14-36(26-30)43-2)16-22-40(38)41(39)33-17-19-34(20-18-33)44-23-7-5-3-4-6-8-24-45/h9-22,25-28,45H,3-8,23-24H2,1-2H3. The molecule has 4 nitrogen and oxygen atoms in total. The zero-order valence-electron chi connectivity index (χ0n) is 26.2. The van der Waals surface area contributed by atoms with Crippen LogP contribution >= 0.6 is 12.6 Å². The first kappa shape index (κ1) is 30.7. The largest absolute Gasteiger partial charge is 0.497 e. The molecule has 6 rings (SSSR count). The fourth-order valence-electron chi connectivity index (χ4n) is 6.07. The Bertz CT molecular complexity index is 1770. The minimum Gasteiger partial charge on any atom is -0.497 e. The molecule has 0 bridgehead atoms. The van der Waals surface area contributed by atoms with Crippen molar-refractivity contribution in [3.63, 3.8) is 0 Å². The minimum atomic E-state index is 0.751. The molecule has 0 aliphatic carbocycles. The van der Waals surface area contributed by atoms with Gasteiger partial charge in [0.1, 0.15) is 17.2 Å². The molecule has 230 valence electrons. The van der Waals surface area contributed by atoms with E-state index in [1.807, 2.05) is 24.3 Å². The number of unbranched alkanes of at least 4 members (excludes halogenated alkanes) is 5. The Morgan fingerprint density at radius 1 is 0.511 bits per heavy atom. The number of ether oxygens (including phenoxy) is 3. The fraction of sp³-hybridized carbons (Fsp3) is 0.250. The van der Waals surface area contributed by atoms with Gasteiger partial charge in [0, 0.05) is 16.5 Å². The molecule has 0 saturated heterocycles. The minimum absolute atomic E-state index is 0.751. The number of benzene rings is 5. The first-order chi connectivity index (χ1) is 22.2. The number of rotatable bonds is 14. The number of nitrogens with zero attached hydrogens (tertiary/aromatic N) is 1. The fourth-order valence-corrected chi connectivity index (χ4v) is 6.29. The second-order valence-corrected chi connectivity index (χ2v) is 11.9. The second-order valence-electron chi connectivity index (χ2n) is 11.5. The highest BCUT2D eigenvalue weighted by molar-refractivity contribution is 7.80. The van der Waals surface area contributed by atoms with Gasteiger partial charge in [-0.15, -0.1) is 0 Å². The second kappa shape index (κ2) is 14.6. The molecule has 0 radical (unpaired) electrons. The van der Waals surface area contributed by atoms with Crippen molar-refractivity contribution in [3.8, 4) is 45.2 Å². The average Bonchev–Trinajstić information content (AvgIpc) is 3.42. The van der Waals surface area contributed by atoms with Gasteiger partial charge in [0.15, 0.2) is 0 Å². The van der Waals surface area contributed by atoms with E-state index in [1.54, 1.807) is 14.2 Å². The quantitative estimate of drug-likeness (QED) is 0.0977. The molecule has 0 spiro atoms. The summed E-state index contributed by atoms with van der Waals surface area (Å²) in [6.07, 6.45) is 7.34. The molecule has 0 N–H and O–H groups in total. The van der Waals surface area contributed by atoms with Gasteiger partial charge in [0.25, 0.3) is 0 Å². The van der Waals surface area contributed by atoms with E-state index >= 15 is 0 Å². The van der Waals surface area contributed by atoms with Crippen LogP contribution in [-0.2, 0) is 0 Å². The highest BCUT2D eigenvalue weighted by Crippen LogP contribution is 2.38. The Morgan fingerprint density at radius 3 is 1.56 bits per heavy atom. The van der Waals surface area contributed by atoms with Crippen LogP contribution in [0.25, 0.3) is 49.7 Å². The van der Waals surface area contributed by atoms with Gasteiger partial charge in [0.05, 0.1) is 31.9 Å². The van der Waals surface area contributed by atoms with Crippen molar-refractivity contribution < 1.29 is 14.2 Å². The van der Waals surface area contributed by atoms with Crippen LogP contribution in [0.2, 0.25) is 0 Å². The zero-order valence-corrected chi connectivity index (χ0v) is 27.1. The number of hydrogen-bond acceptors (Lipinski definition) is 4. The summed E-state index contributed by atoms with van der Waals surface area (Å²) in [7, 11) is 3.42. The van der Waals surface area contributed by atoms with E-state index in [0.29, 0.717) is 0 Å². The third kappa shape index (κ3) is 6.99. The summed E-state index contributed by atoms with van der Waals surface area (Å²) in [4.78, 5) is 0. The van der Waals surface area contributed by atoms with Gasteiger partial charge in [-0.25, -0.2) is 0 Å². The molecule has 0 amide bonds. The van der Waals surface area contributed by atoms with Gasteiger partial charge in [-0.2, -0.15) is 12.6 Å². The zero-order chi connectivity index (χ0) is 31.0. The van der Waals surface area contributed by atoms with Crippen LogP contribution < -0.4 is 14.2 Å². The maximum atomic E-state index is 6.11. The summed E-state index contributed by atoms with van der Waals surface area (Å²) < 4.78 is 19.5. The number of hydrogen-bond donors (Lipinski definition) is 1. The normalized spacial score (nSPS) is 11.3. The van der Waals surface area contributed by atoms with E-state index in [2.05, 4.69) is 102 Å². The summed E-state index contributed by atoms with van der Waals surface area (Å²) in [6, 6.07) is 38.5. The molecule has 45 heavy (non-hydrogen) atoms. The predicted molar refractivity (Wildman–Crippen MR) is 192 cm³/mol. The maximum Gasteiger partial charge on any atom is 0.119 e. The molecule has 1 heterocycles. The van der Waals surface area contributed by atoms with Crippen LogP contribution in [-0.4, -0.2) is 31.1 Å². The van der Waals surface area contributed by atoms with Crippen molar-refractivity contribution in [2.45, 2.75) is 38.5 Å². The topological polar surface area (TPSA) is 32.6 Å². The number of fused-ring (bicyclic) bond motifs is 3. The number of thiol groups is 1. The van der Waals surface area contributed by atoms with Crippen LogP contribution in [0.15, 0.2) is 109 Å². The van der Waals surface area contributed by atoms with E-state index in [0.717, 1.165) is 75.0 Å². The Morgan fingerprint density at radius 2 is 1.02 bits per heavy atom. The highest BCUT2D eigenvalue weighted by atomic mass is 32.1. The van der Waals surface area contributed by atoms with Crippen LogP contribution in [0.1, 0.15) is 38.5 Å². The first-order valence-electron chi connectivity index (χ1n) is 15.9. The lowest BCUT2D eigenvalue weighted by Gasteiger charge is -2.11. The summed E-state index contributed by atoms with van der Waals surface area (Å²) in [5.41, 5.74) is 7.97. The molecule has 0 saturated carbocycles. The molecule has 1 aromatic heterocycles. The lowest BCUT2D eigenvalue weighted by Crippen LogP contribution is -1.98. The molecule has 0 aliphatic rings. The maximum absolute atomic E-state index is 6.11. The third-order valence-corrected chi connectivity index (χ3v) is 8.80. The van der Waals surface area contributed by atoms with E-state index in [4.69, 9.17) is 14.2 Å². The van der Waals surface area contributed by atoms with Crippen LogP contribution in [0.5, 0.6) is 17.2 Å². The van der Waals surface area contributed by atoms with Crippen LogP contribution in [0, 0.1) is 0 Å². The molecular formula is C40H41NO3S. The molecule has 5 aromatic carbocycles. The molecule has 0 atom stereocenters. The van der Waals surface area contributed by atoms with Crippen molar-refractivity contribution in [2.24, 2.45) is 0 Å². The Labute approximate surface area is 272 Å². The lowest BCUT2D eigenvalue weighted by atomic mass is 10.00. The Kier molecular flexibility index (Phi) is 9.96. The van der Waals surface area contributed by atoms with Crippen molar-refractivity contribution in [1.29, 1.82) is 0 Å². The van der Waals surface area contributed by atoms with Gasteiger partial charge < -0.3 is 18.8 Å². The summed E-state index contributed by atoms with van der Waals surface area (Å²) in [5.74, 6) is 3.60. The lowest BCUT2D eigenvalue weighted by molar-refractivity contribution is 0.304. The van der Waals surface area contributed by atoms with E-state index in [1.165, 1.54) is 42.9 Å². The Hall–Kier alpha value is -4.35. The van der Waals surface area contributed by atoms with Gasteiger partial charge in [-0.1, -0.05) is 62.1 Å². The van der Waals surface area contributed by atoms with Gasteiger partial charge in [0.2, 0.25) is 0 Å². The predicted octanol–water partition coefficient (Wildman–Crippen LogP) is 10.8. The molecule has 0 unspecified atom stereocenters. The number of aromatic nitrogens is 1. The van der Waals surface area contributed by atoms with Crippen molar-refractivity contribution in [2.75, 3.05) is 26.6 Å². The van der Waals surface area contributed by atoms with E-state index < -0.39 is 0 Å². The summed E-state index contributed by atoms with van der Waals surface area (Å²) in [6.45, 7) is 0.751. The van der Waals surface area contributed by atoms with Gasteiger partial charge >= 0.3 is 0 Å². The monoisotopic (exact) mass is 615 g/mol. The smallest absolute Gasteiger partial charge is 0.119 e. The molecular weight excluding hydrogens is 575 g/mol. The number of methoxy groups -OCH3 is 2. The van der Waals surface area contributed by atoms with E-state index in [-0.39, 0.29) is 0 Å². The SMILES string of the molecule is COc1cccc(-c2ccc3c(c2)c2cc(-c4cccc(OC)c4)ccc2n3-c2ccc(OCCCCCCCCS)cc2)c1. The van der Waals surface area contributed by atoms with E-state index in [9.17, 15) is 0 Å². The van der Waals surface area contributed by atoms with Crippen LogP contribution in [0.4, 0.5) is 0 Å².